The number of fused-ring (bicyclic) bond motifs is 1. The van der Waals surface area contributed by atoms with Crippen molar-refractivity contribution in [1.82, 2.24) is 4.98 Å². The summed E-state index contributed by atoms with van der Waals surface area (Å²) in [6, 6.07) is 11.1. The van der Waals surface area contributed by atoms with Crippen LogP contribution in [0.3, 0.4) is 0 Å². The molecule has 18 heavy (non-hydrogen) atoms. The summed E-state index contributed by atoms with van der Waals surface area (Å²) in [6.45, 7) is 0. The molecule has 0 saturated carbocycles. The number of pyridine rings is 1. The average molecular weight is 239 g/mol. The molecule has 1 aliphatic carbocycles. The van der Waals surface area contributed by atoms with E-state index in [0.717, 1.165) is 30.6 Å². The summed E-state index contributed by atoms with van der Waals surface area (Å²) in [5.41, 5.74) is 10.6. The van der Waals surface area contributed by atoms with E-state index in [-0.39, 0.29) is 0 Å². The second-order valence-electron chi connectivity index (χ2n) is 4.82. The maximum atomic E-state index is 5.91. The Morgan fingerprint density at radius 3 is 2.83 bits per heavy atom. The molecule has 1 aromatic carbocycles. The molecule has 1 heterocycles. The zero-order valence-corrected chi connectivity index (χ0v) is 10.3. The maximum absolute atomic E-state index is 5.91. The molecule has 3 heteroatoms. The highest BCUT2D eigenvalue weighted by Gasteiger charge is 2.18. The van der Waals surface area contributed by atoms with E-state index in [9.17, 15) is 0 Å². The number of nitrogen functional groups attached to an aromatic ring is 1. The van der Waals surface area contributed by atoms with Crippen molar-refractivity contribution < 1.29 is 0 Å². The maximum Gasteiger partial charge on any atom is 0.0736 e. The van der Waals surface area contributed by atoms with Crippen molar-refractivity contribution in [3.63, 3.8) is 0 Å². The Morgan fingerprint density at radius 1 is 1.17 bits per heavy atom. The summed E-state index contributed by atoms with van der Waals surface area (Å²) >= 11 is 0. The largest absolute Gasteiger partial charge is 0.396 e. The van der Waals surface area contributed by atoms with Gasteiger partial charge in [-0.15, -0.1) is 0 Å². The molecule has 0 aliphatic heterocycles. The Kier molecular flexibility index (Phi) is 2.89. The summed E-state index contributed by atoms with van der Waals surface area (Å²) in [5.74, 6) is 0. The van der Waals surface area contributed by atoms with Crippen molar-refractivity contribution in [2.75, 3.05) is 11.1 Å². The molecule has 1 unspecified atom stereocenters. The fraction of sp³-hybridized carbons (Fsp3) is 0.267. The third-order valence-corrected chi connectivity index (χ3v) is 3.56. The molecule has 0 bridgehead atoms. The minimum Gasteiger partial charge on any atom is -0.396 e. The van der Waals surface area contributed by atoms with Gasteiger partial charge < -0.3 is 11.1 Å². The lowest BCUT2D eigenvalue weighted by Gasteiger charge is -2.26. The number of nitrogens with zero attached hydrogens (tertiary/aromatic N) is 1. The van der Waals surface area contributed by atoms with Crippen LogP contribution < -0.4 is 11.1 Å². The lowest BCUT2D eigenvalue weighted by atomic mass is 9.88. The fourth-order valence-corrected chi connectivity index (χ4v) is 2.58. The standard InChI is InChI=1S/C15H17N3/c16-14-10-17-8-7-15(14)18-13-6-5-11-3-1-2-4-12(11)9-13/h1-4,7-8,10,13H,5-6,9,16H2,(H,17,18). The van der Waals surface area contributed by atoms with E-state index in [0.29, 0.717) is 6.04 Å². The van der Waals surface area contributed by atoms with Gasteiger partial charge in [-0.25, -0.2) is 0 Å². The van der Waals surface area contributed by atoms with Crippen molar-refractivity contribution in [2.24, 2.45) is 0 Å². The first-order chi connectivity index (χ1) is 8.83. The predicted molar refractivity (Wildman–Crippen MR) is 74.5 cm³/mol. The molecular weight excluding hydrogens is 222 g/mol. The number of aryl methyl sites for hydroxylation is 1. The molecule has 0 amide bonds. The van der Waals surface area contributed by atoms with Gasteiger partial charge in [0.1, 0.15) is 0 Å². The van der Waals surface area contributed by atoms with Gasteiger partial charge in [-0.3, -0.25) is 4.98 Å². The van der Waals surface area contributed by atoms with Crippen molar-refractivity contribution >= 4 is 11.4 Å². The average Bonchev–Trinajstić information content (AvgIpc) is 2.41. The van der Waals surface area contributed by atoms with Crippen LogP contribution in [0.25, 0.3) is 0 Å². The summed E-state index contributed by atoms with van der Waals surface area (Å²) in [7, 11) is 0. The molecule has 1 atom stereocenters. The third kappa shape index (κ3) is 2.16. The van der Waals surface area contributed by atoms with Crippen LogP contribution in [0, 0.1) is 0 Å². The summed E-state index contributed by atoms with van der Waals surface area (Å²) in [5, 5.41) is 3.53. The van der Waals surface area contributed by atoms with E-state index < -0.39 is 0 Å². The molecule has 1 aromatic heterocycles. The van der Waals surface area contributed by atoms with Crippen LogP contribution in [0.5, 0.6) is 0 Å². The zero-order chi connectivity index (χ0) is 12.4. The van der Waals surface area contributed by atoms with Gasteiger partial charge in [-0.05, 0) is 36.5 Å². The van der Waals surface area contributed by atoms with E-state index in [1.54, 1.807) is 12.4 Å². The van der Waals surface area contributed by atoms with E-state index in [2.05, 4.69) is 34.6 Å². The number of benzene rings is 1. The number of aromatic nitrogens is 1. The van der Waals surface area contributed by atoms with Gasteiger partial charge >= 0.3 is 0 Å². The van der Waals surface area contributed by atoms with Crippen molar-refractivity contribution in [2.45, 2.75) is 25.3 Å². The quantitative estimate of drug-likeness (QED) is 0.847. The van der Waals surface area contributed by atoms with Crippen LogP contribution in [0.1, 0.15) is 17.5 Å². The Hall–Kier alpha value is -2.03. The SMILES string of the molecule is Nc1cnccc1NC1CCc2ccccc2C1. The summed E-state index contributed by atoms with van der Waals surface area (Å²) < 4.78 is 0. The Labute approximate surface area is 107 Å². The lowest BCUT2D eigenvalue weighted by molar-refractivity contribution is 0.611. The normalized spacial score (nSPS) is 18.1. The minimum absolute atomic E-state index is 0.463. The van der Waals surface area contributed by atoms with Crippen molar-refractivity contribution in [3.8, 4) is 0 Å². The van der Waals surface area contributed by atoms with Crippen LogP contribution in [0.4, 0.5) is 11.4 Å². The molecule has 2 aromatic rings. The van der Waals surface area contributed by atoms with E-state index in [1.165, 1.54) is 11.1 Å². The van der Waals surface area contributed by atoms with Crippen LogP contribution in [-0.4, -0.2) is 11.0 Å². The summed E-state index contributed by atoms with van der Waals surface area (Å²) in [6.07, 6.45) is 6.82. The molecule has 0 spiro atoms. The molecule has 1 aliphatic rings. The fourth-order valence-electron chi connectivity index (χ4n) is 2.58. The second kappa shape index (κ2) is 4.69. The van der Waals surface area contributed by atoms with Gasteiger partial charge in [0.2, 0.25) is 0 Å². The molecule has 3 rings (SSSR count). The van der Waals surface area contributed by atoms with Crippen molar-refractivity contribution in [3.05, 3.63) is 53.9 Å². The minimum atomic E-state index is 0.463. The van der Waals surface area contributed by atoms with Gasteiger partial charge in [0.15, 0.2) is 0 Å². The van der Waals surface area contributed by atoms with Crippen molar-refractivity contribution in [1.29, 1.82) is 0 Å². The molecule has 0 saturated heterocycles. The first kappa shape index (κ1) is 11.1. The van der Waals surface area contributed by atoms with Gasteiger partial charge in [0.05, 0.1) is 17.6 Å². The highest BCUT2D eigenvalue weighted by molar-refractivity contribution is 5.64. The molecule has 0 radical (unpaired) electrons. The number of anilines is 2. The molecule has 0 fully saturated rings. The third-order valence-electron chi connectivity index (χ3n) is 3.56. The van der Waals surface area contributed by atoms with Gasteiger partial charge in [-0.2, -0.15) is 0 Å². The van der Waals surface area contributed by atoms with E-state index in [1.807, 2.05) is 6.07 Å². The Bertz CT molecular complexity index is 551. The van der Waals surface area contributed by atoms with Crippen LogP contribution in [0.15, 0.2) is 42.7 Å². The smallest absolute Gasteiger partial charge is 0.0736 e. The van der Waals surface area contributed by atoms with E-state index >= 15 is 0 Å². The zero-order valence-electron chi connectivity index (χ0n) is 10.3. The van der Waals surface area contributed by atoms with Crippen LogP contribution >= 0.6 is 0 Å². The highest BCUT2D eigenvalue weighted by Crippen LogP contribution is 2.25. The van der Waals surface area contributed by atoms with E-state index in [4.69, 9.17) is 5.73 Å². The highest BCUT2D eigenvalue weighted by atomic mass is 14.9. The van der Waals surface area contributed by atoms with Gasteiger partial charge in [-0.1, -0.05) is 24.3 Å². The first-order valence-electron chi connectivity index (χ1n) is 6.36. The Morgan fingerprint density at radius 2 is 2.00 bits per heavy atom. The predicted octanol–water partition coefficient (Wildman–Crippen LogP) is 2.63. The summed E-state index contributed by atoms with van der Waals surface area (Å²) in [4.78, 5) is 4.01. The first-order valence-corrected chi connectivity index (χ1v) is 6.36. The topological polar surface area (TPSA) is 50.9 Å². The van der Waals surface area contributed by atoms with Crippen LogP contribution in [0.2, 0.25) is 0 Å². The second-order valence-corrected chi connectivity index (χ2v) is 4.82. The Balaban J connectivity index is 1.75. The molecule has 3 nitrogen and oxygen atoms in total. The molecule has 3 N–H and O–H groups in total. The number of rotatable bonds is 2. The number of nitrogens with one attached hydrogen (secondary N) is 1. The van der Waals surface area contributed by atoms with Gasteiger partial charge in [0, 0.05) is 12.2 Å². The monoisotopic (exact) mass is 239 g/mol. The van der Waals surface area contributed by atoms with Gasteiger partial charge in [0.25, 0.3) is 0 Å². The number of nitrogens with two attached hydrogens (primary N) is 1. The van der Waals surface area contributed by atoms with Crippen LogP contribution in [-0.2, 0) is 12.8 Å². The number of hydrogen-bond donors (Lipinski definition) is 2. The molecule has 92 valence electrons. The lowest BCUT2D eigenvalue weighted by Crippen LogP contribution is -2.27. The molecular formula is C15H17N3. The number of hydrogen-bond acceptors (Lipinski definition) is 3.